The molecular formula is C15H16Cl2N4O2S. The highest BCUT2D eigenvalue weighted by molar-refractivity contribution is 7.91. The Morgan fingerprint density at radius 1 is 1.17 bits per heavy atom. The van der Waals surface area contributed by atoms with Crippen molar-refractivity contribution in [2.45, 2.75) is 19.4 Å². The monoisotopic (exact) mass is 386 g/mol. The van der Waals surface area contributed by atoms with Gasteiger partial charge in [0.15, 0.2) is 9.84 Å². The van der Waals surface area contributed by atoms with Crippen LogP contribution in [0.15, 0.2) is 24.3 Å². The second-order valence-corrected chi connectivity index (χ2v) is 8.76. The number of aromatic nitrogens is 2. The maximum absolute atomic E-state index is 11.6. The van der Waals surface area contributed by atoms with Crippen LogP contribution in [0.25, 0.3) is 0 Å². The average Bonchev–Trinajstić information content (AvgIpc) is 2.81. The van der Waals surface area contributed by atoms with Gasteiger partial charge in [0, 0.05) is 23.5 Å². The van der Waals surface area contributed by atoms with E-state index in [4.69, 9.17) is 23.2 Å². The number of sulfone groups is 1. The Balaban J connectivity index is 1.77. The molecule has 1 saturated heterocycles. The lowest BCUT2D eigenvalue weighted by Crippen LogP contribution is -2.21. The zero-order valence-corrected chi connectivity index (χ0v) is 15.2. The summed E-state index contributed by atoms with van der Waals surface area (Å²) in [5.74, 6) is 1.33. The summed E-state index contributed by atoms with van der Waals surface area (Å²) < 4.78 is 23.1. The van der Waals surface area contributed by atoms with E-state index >= 15 is 0 Å². The van der Waals surface area contributed by atoms with Gasteiger partial charge in [0.05, 0.1) is 21.6 Å². The molecule has 0 amide bonds. The number of rotatable bonds is 4. The number of nitrogens with one attached hydrogen (secondary N) is 2. The molecule has 1 aromatic heterocycles. The highest BCUT2D eigenvalue weighted by Gasteiger charge is 2.28. The zero-order valence-electron chi connectivity index (χ0n) is 12.9. The molecule has 2 heterocycles. The van der Waals surface area contributed by atoms with Gasteiger partial charge in [-0.05, 0) is 31.5 Å². The first-order valence-electron chi connectivity index (χ1n) is 7.35. The van der Waals surface area contributed by atoms with E-state index < -0.39 is 9.84 Å². The van der Waals surface area contributed by atoms with Crippen LogP contribution < -0.4 is 10.6 Å². The van der Waals surface area contributed by atoms with Crippen LogP contribution in [0.1, 0.15) is 12.1 Å². The third-order valence-electron chi connectivity index (χ3n) is 3.61. The summed E-state index contributed by atoms with van der Waals surface area (Å²) in [6.45, 7) is 1.85. The van der Waals surface area contributed by atoms with Crippen molar-refractivity contribution in [1.82, 2.24) is 9.97 Å². The third kappa shape index (κ3) is 4.28. The van der Waals surface area contributed by atoms with E-state index in [-0.39, 0.29) is 17.5 Å². The van der Waals surface area contributed by atoms with Gasteiger partial charge in [-0.2, -0.15) is 4.98 Å². The molecule has 0 radical (unpaired) electrons. The van der Waals surface area contributed by atoms with Gasteiger partial charge >= 0.3 is 0 Å². The molecule has 1 aliphatic heterocycles. The van der Waals surface area contributed by atoms with Crippen LogP contribution >= 0.6 is 23.2 Å². The Morgan fingerprint density at radius 3 is 2.62 bits per heavy atom. The minimum Gasteiger partial charge on any atom is -0.366 e. The lowest BCUT2D eigenvalue weighted by atomic mass is 10.2. The molecule has 1 aromatic carbocycles. The predicted molar refractivity (Wildman–Crippen MR) is 97.2 cm³/mol. The van der Waals surface area contributed by atoms with Crippen molar-refractivity contribution in [2.24, 2.45) is 0 Å². The number of nitrogens with zero attached hydrogens (tertiary/aromatic N) is 2. The smallest absolute Gasteiger partial charge is 0.229 e. The molecule has 24 heavy (non-hydrogen) atoms. The topological polar surface area (TPSA) is 84.0 Å². The van der Waals surface area contributed by atoms with E-state index in [0.717, 1.165) is 5.69 Å². The molecule has 0 saturated carbocycles. The van der Waals surface area contributed by atoms with Crippen LogP contribution in [0.4, 0.5) is 17.5 Å². The molecule has 1 unspecified atom stereocenters. The van der Waals surface area contributed by atoms with Gasteiger partial charge in [0.1, 0.15) is 5.82 Å². The molecule has 1 fully saturated rings. The van der Waals surface area contributed by atoms with Crippen molar-refractivity contribution in [3.8, 4) is 0 Å². The molecule has 3 rings (SSSR count). The van der Waals surface area contributed by atoms with E-state index in [1.807, 2.05) is 6.92 Å². The van der Waals surface area contributed by atoms with Crippen LogP contribution in [0.5, 0.6) is 0 Å². The van der Waals surface area contributed by atoms with E-state index in [0.29, 0.717) is 33.9 Å². The van der Waals surface area contributed by atoms with Crippen molar-refractivity contribution in [3.05, 3.63) is 40.0 Å². The number of hydrogen-bond donors (Lipinski definition) is 2. The molecule has 128 valence electrons. The van der Waals surface area contributed by atoms with Gasteiger partial charge in [-0.1, -0.05) is 23.2 Å². The fourth-order valence-electron chi connectivity index (χ4n) is 2.52. The Bertz CT molecular complexity index is 874. The number of aryl methyl sites for hydroxylation is 1. The Labute approximate surface area is 150 Å². The molecule has 0 aliphatic carbocycles. The average molecular weight is 387 g/mol. The highest BCUT2D eigenvalue weighted by Crippen LogP contribution is 2.26. The highest BCUT2D eigenvalue weighted by atomic mass is 35.5. The fourth-order valence-corrected chi connectivity index (χ4v) is 4.49. The second-order valence-electron chi connectivity index (χ2n) is 5.72. The zero-order chi connectivity index (χ0) is 17.3. The lowest BCUT2D eigenvalue weighted by Gasteiger charge is -2.13. The van der Waals surface area contributed by atoms with Crippen molar-refractivity contribution in [2.75, 3.05) is 22.1 Å². The van der Waals surface area contributed by atoms with Crippen LogP contribution in [0.3, 0.4) is 0 Å². The van der Waals surface area contributed by atoms with E-state index in [9.17, 15) is 8.42 Å². The van der Waals surface area contributed by atoms with Gasteiger partial charge in [0.25, 0.3) is 0 Å². The Kier molecular flexibility index (Phi) is 4.85. The quantitative estimate of drug-likeness (QED) is 0.836. The van der Waals surface area contributed by atoms with Gasteiger partial charge in [0.2, 0.25) is 5.95 Å². The number of hydrogen-bond acceptors (Lipinski definition) is 6. The maximum atomic E-state index is 11.6. The Morgan fingerprint density at radius 2 is 1.96 bits per heavy atom. The summed E-state index contributed by atoms with van der Waals surface area (Å²) in [4.78, 5) is 8.72. The number of benzene rings is 1. The summed E-state index contributed by atoms with van der Waals surface area (Å²) in [5, 5.41) is 7.14. The molecule has 0 bridgehead atoms. The fraction of sp³-hybridized carbons (Fsp3) is 0.333. The molecule has 1 aliphatic rings. The molecule has 2 aromatic rings. The number of halogens is 2. The summed E-state index contributed by atoms with van der Waals surface area (Å²) >= 11 is 11.9. The van der Waals surface area contributed by atoms with Crippen molar-refractivity contribution >= 4 is 50.5 Å². The molecule has 6 nitrogen and oxygen atoms in total. The van der Waals surface area contributed by atoms with Crippen molar-refractivity contribution in [3.63, 3.8) is 0 Å². The predicted octanol–water partition coefficient (Wildman–Crippen LogP) is 3.43. The standard InChI is InChI=1S/C15H16Cl2N4O2S/c1-9-6-14(19-11-4-5-24(22,23)8-11)21-15(18-9)20-10-2-3-12(16)13(17)7-10/h2-3,6-7,11H,4-5,8H2,1H3,(H2,18,19,20,21). The van der Waals surface area contributed by atoms with Crippen LogP contribution in [0, 0.1) is 6.92 Å². The summed E-state index contributed by atoms with van der Waals surface area (Å²) in [6.07, 6.45) is 0.584. The SMILES string of the molecule is Cc1cc(NC2CCS(=O)(=O)C2)nc(Nc2ccc(Cl)c(Cl)c2)n1. The molecule has 9 heteroatoms. The largest absolute Gasteiger partial charge is 0.366 e. The van der Waals surface area contributed by atoms with Gasteiger partial charge in [-0.15, -0.1) is 0 Å². The molecule has 0 spiro atoms. The summed E-state index contributed by atoms with van der Waals surface area (Å²) in [6, 6.07) is 6.81. The van der Waals surface area contributed by atoms with Crippen LogP contribution in [-0.2, 0) is 9.84 Å². The summed E-state index contributed by atoms with van der Waals surface area (Å²) in [5.41, 5.74) is 1.47. The van der Waals surface area contributed by atoms with E-state index in [1.165, 1.54) is 0 Å². The van der Waals surface area contributed by atoms with E-state index in [2.05, 4.69) is 20.6 Å². The minimum absolute atomic E-state index is 0.123. The van der Waals surface area contributed by atoms with Crippen LogP contribution in [0.2, 0.25) is 10.0 Å². The minimum atomic E-state index is -2.94. The van der Waals surface area contributed by atoms with Gasteiger partial charge in [-0.3, -0.25) is 0 Å². The first-order valence-corrected chi connectivity index (χ1v) is 9.93. The second kappa shape index (κ2) is 6.74. The maximum Gasteiger partial charge on any atom is 0.229 e. The normalized spacial score (nSPS) is 19.2. The third-order valence-corrected chi connectivity index (χ3v) is 6.12. The first-order chi connectivity index (χ1) is 11.3. The van der Waals surface area contributed by atoms with Gasteiger partial charge < -0.3 is 10.6 Å². The first kappa shape index (κ1) is 17.3. The van der Waals surface area contributed by atoms with Crippen molar-refractivity contribution < 1.29 is 8.42 Å². The summed E-state index contributed by atoms with van der Waals surface area (Å²) in [7, 11) is -2.94. The molecule has 1 atom stereocenters. The van der Waals surface area contributed by atoms with Crippen LogP contribution in [-0.4, -0.2) is 35.9 Å². The lowest BCUT2D eigenvalue weighted by molar-refractivity contribution is 0.602. The van der Waals surface area contributed by atoms with Crippen molar-refractivity contribution in [1.29, 1.82) is 0 Å². The number of anilines is 3. The molecular weight excluding hydrogens is 371 g/mol. The molecule has 2 N–H and O–H groups in total. The Hall–Kier alpha value is -1.57. The van der Waals surface area contributed by atoms with Gasteiger partial charge in [-0.25, -0.2) is 13.4 Å². The van der Waals surface area contributed by atoms with E-state index in [1.54, 1.807) is 24.3 Å².